The third-order valence-electron chi connectivity index (χ3n) is 6.45. The summed E-state index contributed by atoms with van der Waals surface area (Å²) in [4.78, 5) is 13.4. The molecule has 1 N–H and O–H groups in total. The Morgan fingerprint density at radius 1 is 0.892 bits per heavy atom. The smallest absolute Gasteiger partial charge is 0.335 e. The largest absolute Gasteiger partial charge is 0.489 e. The fourth-order valence-corrected chi connectivity index (χ4v) is 6.27. The van der Waals surface area contributed by atoms with Crippen LogP contribution < -0.4 is 4.74 Å². The van der Waals surface area contributed by atoms with Crippen molar-refractivity contribution in [2.24, 2.45) is 0 Å². The predicted octanol–water partition coefficient (Wildman–Crippen LogP) is 9.67. The first kappa shape index (κ1) is 27.0. The van der Waals surface area contributed by atoms with Crippen LogP contribution in [0.1, 0.15) is 71.8 Å². The maximum absolute atomic E-state index is 11.0. The Morgan fingerprint density at radius 2 is 1.57 bits per heavy atom. The molecule has 0 atom stereocenters. The average molecular weight is 531 g/mol. The van der Waals surface area contributed by atoms with Crippen LogP contribution in [0.15, 0.2) is 89.1 Å². The van der Waals surface area contributed by atoms with Gasteiger partial charge in [-0.2, -0.15) is 0 Å². The van der Waals surface area contributed by atoms with Gasteiger partial charge in [0.2, 0.25) is 0 Å². The molecule has 4 aromatic rings. The average Bonchev–Trinajstić information content (AvgIpc) is 3.40. The quantitative estimate of drug-likeness (QED) is 0.175. The van der Waals surface area contributed by atoms with E-state index < -0.39 is 5.97 Å². The number of benzene rings is 3. The van der Waals surface area contributed by atoms with Gasteiger partial charge in [-0.05, 0) is 88.9 Å². The monoisotopic (exact) mass is 530 g/mol. The second-order valence-electron chi connectivity index (χ2n) is 9.25. The SMILES string of the molecule is CCCC(CCC)c1ccc(OCc2ccc(-c3csc(CSc4ccc(C(=O)O)cc4)c3)cc2)cc1. The fraction of sp³-hybridized carbons (Fsp3) is 0.281. The molecule has 1 aromatic heterocycles. The van der Waals surface area contributed by atoms with Crippen LogP contribution in [0.25, 0.3) is 11.1 Å². The van der Waals surface area contributed by atoms with Crippen molar-refractivity contribution in [2.45, 2.75) is 62.7 Å². The number of thioether (sulfide) groups is 1. The molecule has 0 bridgehead atoms. The Balaban J connectivity index is 1.29. The van der Waals surface area contributed by atoms with Gasteiger partial charge in [0, 0.05) is 15.5 Å². The molecule has 0 aliphatic carbocycles. The number of hydrogen-bond donors (Lipinski definition) is 1. The summed E-state index contributed by atoms with van der Waals surface area (Å²) in [6, 6.07) is 26.5. The molecule has 4 rings (SSSR count). The van der Waals surface area contributed by atoms with E-state index in [4.69, 9.17) is 9.84 Å². The first-order chi connectivity index (χ1) is 18.1. The van der Waals surface area contributed by atoms with Crippen molar-refractivity contribution < 1.29 is 14.6 Å². The highest BCUT2D eigenvalue weighted by atomic mass is 32.2. The zero-order chi connectivity index (χ0) is 26.0. The third-order valence-corrected chi connectivity index (χ3v) is 8.63. The van der Waals surface area contributed by atoms with Gasteiger partial charge in [0.25, 0.3) is 0 Å². The topological polar surface area (TPSA) is 46.5 Å². The number of carboxylic acid groups (broad SMARTS) is 1. The van der Waals surface area contributed by atoms with Crippen molar-refractivity contribution >= 4 is 29.1 Å². The van der Waals surface area contributed by atoms with Crippen LogP contribution in [0.4, 0.5) is 0 Å². The molecular weight excluding hydrogens is 496 g/mol. The minimum atomic E-state index is -0.894. The number of hydrogen-bond acceptors (Lipinski definition) is 4. The van der Waals surface area contributed by atoms with Crippen molar-refractivity contribution in [3.63, 3.8) is 0 Å². The molecule has 0 radical (unpaired) electrons. The van der Waals surface area contributed by atoms with Gasteiger partial charge in [-0.25, -0.2) is 4.79 Å². The second-order valence-corrected chi connectivity index (χ2v) is 11.3. The van der Waals surface area contributed by atoms with E-state index in [0.29, 0.717) is 18.1 Å². The Bertz CT molecular complexity index is 1250. The van der Waals surface area contributed by atoms with E-state index in [1.54, 1.807) is 35.2 Å². The normalized spacial score (nSPS) is 11.1. The number of aromatic carboxylic acids is 1. The summed E-state index contributed by atoms with van der Waals surface area (Å²) >= 11 is 3.47. The van der Waals surface area contributed by atoms with Crippen LogP contribution in [-0.4, -0.2) is 11.1 Å². The maximum atomic E-state index is 11.0. The van der Waals surface area contributed by atoms with Gasteiger partial charge in [0.1, 0.15) is 12.4 Å². The van der Waals surface area contributed by atoms with E-state index >= 15 is 0 Å². The Hall–Kier alpha value is -3.02. The molecule has 0 aliphatic rings. The van der Waals surface area contributed by atoms with Crippen molar-refractivity contribution in [3.8, 4) is 16.9 Å². The lowest BCUT2D eigenvalue weighted by Gasteiger charge is -2.16. The lowest BCUT2D eigenvalue weighted by atomic mass is 9.90. The van der Waals surface area contributed by atoms with Crippen LogP contribution in [0, 0.1) is 0 Å². The van der Waals surface area contributed by atoms with Gasteiger partial charge in [-0.15, -0.1) is 23.1 Å². The maximum Gasteiger partial charge on any atom is 0.335 e. The summed E-state index contributed by atoms with van der Waals surface area (Å²) in [5.41, 5.74) is 5.31. The van der Waals surface area contributed by atoms with Crippen LogP contribution in [-0.2, 0) is 12.4 Å². The van der Waals surface area contributed by atoms with E-state index in [1.165, 1.54) is 47.3 Å². The molecule has 192 valence electrons. The molecule has 0 saturated carbocycles. The zero-order valence-electron chi connectivity index (χ0n) is 21.5. The molecule has 3 nitrogen and oxygen atoms in total. The second kappa shape index (κ2) is 13.5. The molecule has 0 aliphatic heterocycles. The summed E-state index contributed by atoms with van der Waals surface area (Å²) in [7, 11) is 0. The third kappa shape index (κ3) is 7.73. The van der Waals surface area contributed by atoms with Crippen molar-refractivity contribution in [2.75, 3.05) is 0 Å². The van der Waals surface area contributed by atoms with Gasteiger partial charge in [-0.1, -0.05) is 63.1 Å². The van der Waals surface area contributed by atoms with Crippen LogP contribution in [0.2, 0.25) is 0 Å². The lowest BCUT2D eigenvalue weighted by Crippen LogP contribution is -1.99. The summed E-state index contributed by atoms with van der Waals surface area (Å²) in [6.07, 6.45) is 4.92. The van der Waals surface area contributed by atoms with Crippen LogP contribution in [0.3, 0.4) is 0 Å². The molecule has 37 heavy (non-hydrogen) atoms. The van der Waals surface area contributed by atoms with Gasteiger partial charge in [0.05, 0.1) is 5.56 Å². The van der Waals surface area contributed by atoms with Crippen molar-refractivity contribution in [1.82, 2.24) is 0 Å². The number of rotatable bonds is 13. The van der Waals surface area contributed by atoms with Crippen molar-refractivity contribution in [1.29, 1.82) is 0 Å². The van der Waals surface area contributed by atoms with E-state index in [0.717, 1.165) is 22.0 Å². The van der Waals surface area contributed by atoms with Gasteiger partial charge in [0.15, 0.2) is 0 Å². The minimum Gasteiger partial charge on any atom is -0.489 e. The number of carbonyl (C=O) groups is 1. The molecule has 0 amide bonds. The molecular formula is C32H34O3S2. The summed E-state index contributed by atoms with van der Waals surface area (Å²) < 4.78 is 6.06. The predicted molar refractivity (Wildman–Crippen MR) is 156 cm³/mol. The van der Waals surface area contributed by atoms with Crippen LogP contribution >= 0.6 is 23.1 Å². The number of carboxylic acids is 1. The summed E-state index contributed by atoms with van der Waals surface area (Å²) in [5.74, 6) is 1.53. The highest BCUT2D eigenvalue weighted by molar-refractivity contribution is 7.98. The Kier molecular flexibility index (Phi) is 9.86. The minimum absolute atomic E-state index is 0.317. The van der Waals surface area contributed by atoms with E-state index in [-0.39, 0.29) is 0 Å². The Morgan fingerprint density at radius 3 is 2.19 bits per heavy atom. The Labute approximate surface area is 228 Å². The lowest BCUT2D eigenvalue weighted by molar-refractivity contribution is 0.0697. The fourth-order valence-electron chi connectivity index (χ4n) is 4.43. The standard InChI is InChI=1S/C32H34O3S2/c1-3-5-24(6-4-2)25-11-15-29(16-12-25)35-20-23-7-9-26(10-8-23)28-19-31(36-21-28)22-37-30-17-13-27(14-18-30)32(33)34/h7-19,21,24H,3-6,20,22H2,1-2H3,(H,33,34). The van der Waals surface area contributed by atoms with Gasteiger partial charge >= 0.3 is 5.97 Å². The number of thiophene rings is 1. The van der Waals surface area contributed by atoms with E-state index in [1.807, 2.05) is 12.1 Å². The molecule has 3 aromatic carbocycles. The first-order valence-electron chi connectivity index (χ1n) is 12.9. The van der Waals surface area contributed by atoms with Gasteiger partial charge in [-0.3, -0.25) is 0 Å². The molecule has 1 heterocycles. The molecule has 0 fully saturated rings. The van der Waals surface area contributed by atoms with Crippen LogP contribution in [0.5, 0.6) is 5.75 Å². The van der Waals surface area contributed by atoms with Gasteiger partial charge < -0.3 is 9.84 Å². The summed E-state index contributed by atoms with van der Waals surface area (Å²) in [5, 5.41) is 11.2. The van der Waals surface area contributed by atoms with Crippen molar-refractivity contribution in [3.05, 3.63) is 106 Å². The molecule has 0 spiro atoms. The zero-order valence-corrected chi connectivity index (χ0v) is 23.1. The molecule has 5 heteroatoms. The summed E-state index contributed by atoms with van der Waals surface area (Å²) in [6.45, 7) is 5.07. The number of ether oxygens (including phenoxy) is 1. The molecule has 0 unspecified atom stereocenters. The van der Waals surface area contributed by atoms with E-state index in [9.17, 15) is 4.79 Å². The highest BCUT2D eigenvalue weighted by Gasteiger charge is 2.10. The first-order valence-corrected chi connectivity index (χ1v) is 14.8. The van der Waals surface area contributed by atoms with E-state index in [2.05, 4.69) is 73.8 Å². The highest BCUT2D eigenvalue weighted by Crippen LogP contribution is 2.31. The molecule has 0 saturated heterocycles.